The molecule has 8 heteroatoms. The van der Waals surface area contributed by atoms with E-state index in [-0.39, 0.29) is 16.5 Å². The number of carbonyl (C=O) groups is 1. The molecule has 3 aromatic rings. The van der Waals surface area contributed by atoms with Crippen LogP contribution >= 0.6 is 15.9 Å². The van der Waals surface area contributed by atoms with Crippen LogP contribution in [0.25, 0.3) is 22.2 Å². The van der Waals surface area contributed by atoms with Crippen LogP contribution in [-0.2, 0) is 11.3 Å². The molecule has 7 nitrogen and oxygen atoms in total. The lowest BCUT2D eigenvalue weighted by atomic mass is 10.1. The lowest BCUT2D eigenvalue weighted by Crippen LogP contribution is -2.47. The molecule has 0 saturated carbocycles. The van der Waals surface area contributed by atoms with Crippen LogP contribution in [0.2, 0.25) is 0 Å². The minimum absolute atomic E-state index is 0.0222. The van der Waals surface area contributed by atoms with Gasteiger partial charge in [0.25, 0.3) is 5.69 Å². The quantitative estimate of drug-likeness (QED) is 0.491. The summed E-state index contributed by atoms with van der Waals surface area (Å²) < 4.78 is 0.796. The van der Waals surface area contributed by atoms with Crippen LogP contribution in [0, 0.1) is 10.1 Å². The summed E-state index contributed by atoms with van der Waals surface area (Å²) in [5.41, 5.74) is 3.09. The first-order valence-corrected chi connectivity index (χ1v) is 9.35. The van der Waals surface area contributed by atoms with E-state index in [1.807, 2.05) is 41.3 Å². The monoisotopic (exact) mass is 428 g/mol. The second-order valence-electron chi connectivity index (χ2n) is 6.54. The summed E-state index contributed by atoms with van der Waals surface area (Å²) in [5.74, 6) is -0.0222. The van der Waals surface area contributed by atoms with E-state index in [0.717, 1.165) is 33.2 Å². The number of amides is 1. The number of nitrogens with one attached hydrogen (secondary N) is 2. The Balaban J connectivity index is 1.79. The predicted molar refractivity (Wildman–Crippen MR) is 106 cm³/mol. The van der Waals surface area contributed by atoms with E-state index in [0.29, 0.717) is 25.2 Å². The molecule has 0 spiro atoms. The van der Waals surface area contributed by atoms with Crippen LogP contribution < -0.4 is 5.32 Å². The summed E-state index contributed by atoms with van der Waals surface area (Å²) in [4.78, 5) is 28.1. The molecule has 1 amide bonds. The highest BCUT2D eigenvalue weighted by Crippen LogP contribution is 2.39. The number of halogens is 1. The van der Waals surface area contributed by atoms with Crippen molar-refractivity contribution in [3.63, 3.8) is 0 Å². The van der Waals surface area contributed by atoms with Gasteiger partial charge in [-0.1, -0.05) is 30.3 Å². The second kappa shape index (κ2) is 7.13. The standard InChI is InChI=1S/C19H17BrN4O3/c20-17-14-8-12(10-23-7-6-21-16(25)11-23)9-15(24(26)27)19(14)22-18(17)13-4-2-1-3-5-13/h1-5,8-9,22H,6-7,10-11H2,(H,21,25). The van der Waals surface area contributed by atoms with Crippen LogP contribution in [0.1, 0.15) is 5.56 Å². The molecule has 1 saturated heterocycles. The maximum absolute atomic E-state index is 11.7. The highest BCUT2D eigenvalue weighted by Gasteiger charge is 2.23. The highest BCUT2D eigenvalue weighted by molar-refractivity contribution is 9.10. The fourth-order valence-electron chi connectivity index (χ4n) is 3.43. The lowest BCUT2D eigenvalue weighted by Gasteiger charge is -2.26. The number of fused-ring (bicyclic) bond motifs is 1. The number of aromatic amines is 1. The molecule has 1 fully saturated rings. The molecule has 0 radical (unpaired) electrons. The Hall–Kier alpha value is -2.71. The van der Waals surface area contributed by atoms with Crippen LogP contribution in [0.3, 0.4) is 0 Å². The van der Waals surface area contributed by atoms with Crippen molar-refractivity contribution in [3.05, 3.63) is 62.6 Å². The molecule has 4 rings (SSSR count). The number of nitro benzene ring substituents is 1. The number of H-pyrrole nitrogens is 1. The van der Waals surface area contributed by atoms with Crippen molar-refractivity contribution in [3.8, 4) is 11.3 Å². The molecule has 2 N–H and O–H groups in total. The number of nitrogens with zero attached hydrogens (tertiary/aromatic N) is 2. The Bertz CT molecular complexity index is 1030. The van der Waals surface area contributed by atoms with Crippen molar-refractivity contribution < 1.29 is 9.72 Å². The van der Waals surface area contributed by atoms with Crippen molar-refractivity contribution in [1.29, 1.82) is 0 Å². The maximum Gasteiger partial charge on any atom is 0.293 e. The molecule has 1 aromatic heterocycles. The maximum atomic E-state index is 11.7. The average molecular weight is 429 g/mol. The number of rotatable bonds is 4. The van der Waals surface area contributed by atoms with Gasteiger partial charge in [0.2, 0.25) is 5.91 Å². The molecule has 1 aliphatic heterocycles. The van der Waals surface area contributed by atoms with Crippen molar-refractivity contribution >= 4 is 38.4 Å². The number of piperazine rings is 1. The van der Waals surface area contributed by atoms with Crippen molar-refractivity contribution in [2.75, 3.05) is 19.6 Å². The normalized spacial score (nSPS) is 15.1. The van der Waals surface area contributed by atoms with Gasteiger partial charge >= 0.3 is 0 Å². The van der Waals surface area contributed by atoms with E-state index in [1.165, 1.54) is 0 Å². The van der Waals surface area contributed by atoms with Crippen LogP contribution in [0.5, 0.6) is 0 Å². The zero-order valence-electron chi connectivity index (χ0n) is 14.4. The van der Waals surface area contributed by atoms with Crippen molar-refractivity contribution in [2.45, 2.75) is 6.54 Å². The smallest absolute Gasteiger partial charge is 0.293 e. The van der Waals surface area contributed by atoms with E-state index < -0.39 is 0 Å². The third-order valence-electron chi connectivity index (χ3n) is 4.67. The highest BCUT2D eigenvalue weighted by atomic mass is 79.9. The Kier molecular flexibility index (Phi) is 4.67. The van der Waals surface area contributed by atoms with Gasteiger partial charge in [-0.25, -0.2) is 0 Å². The third-order valence-corrected chi connectivity index (χ3v) is 5.49. The van der Waals surface area contributed by atoms with Gasteiger partial charge in [0.15, 0.2) is 0 Å². The molecule has 2 aromatic carbocycles. The molecule has 0 bridgehead atoms. The van der Waals surface area contributed by atoms with E-state index in [9.17, 15) is 14.9 Å². The fraction of sp³-hybridized carbons (Fsp3) is 0.211. The third kappa shape index (κ3) is 3.45. The molecular formula is C19H17BrN4O3. The minimum Gasteiger partial charge on any atom is -0.354 e. The number of hydrogen-bond acceptors (Lipinski definition) is 4. The number of carbonyl (C=O) groups excluding carboxylic acids is 1. The van der Waals surface area contributed by atoms with E-state index >= 15 is 0 Å². The lowest BCUT2D eigenvalue weighted by molar-refractivity contribution is -0.383. The van der Waals surface area contributed by atoms with Gasteiger partial charge < -0.3 is 10.3 Å². The molecule has 0 unspecified atom stereocenters. The summed E-state index contributed by atoms with van der Waals surface area (Å²) in [6.07, 6.45) is 0. The Morgan fingerprint density at radius 1 is 1.22 bits per heavy atom. The number of aromatic nitrogens is 1. The Labute approximate surface area is 163 Å². The van der Waals surface area contributed by atoms with E-state index in [2.05, 4.69) is 26.2 Å². The zero-order valence-corrected chi connectivity index (χ0v) is 16.0. The Morgan fingerprint density at radius 3 is 2.70 bits per heavy atom. The largest absolute Gasteiger partial charge is 0.354 e. The molecule has 27 heavy (non-hydrogen) atoms. The summed E-state index contributed by atoms with van der Waals surface area (Å²) in [5, 5.41) is 15.2. The summed E-state index contributed by atoms with van der Waals surface area (Å²) >= 11 is 3.61. The van der Waals surface area contributed by atoms with Crippen LogP contribution in [0.4, 0.5) is 5.69 Å². The number of nitro groups is 1. The van der Waals surface area contributed by atoms with Gasteiger partial charge in [0.1, 0.15) is 5.52 Å². The summed E-state index contributed by atoms with van der Waals surface area (Å²) in [7, 11) is 0. The van der Waals surface area contributed by atoms with Gasteiger partial charge in [-0.2, -0.15) is 0 Å². The fourth-order valence-corrected chi connectivity index (χ4v) is 4.07. The van der Waals surface area contributed by atoms with E-state index in [4.69, 9.17) is 0 Å². The first-order chi connectivity index (χ1) is 13.0. The first kappa shape index (κ1) is 17.7. The molecule has 0 aliphatic carbocycles. The van der Waals surface area contributed by atoms with E-state index in [1.54, 1.807) is 6.07 Å². The molecule has 138 valence electrons. The molecular weight excluding hydrogens is 412 g/mol. The Morgan fingerprint density at radius 2 is 2.00 bits per heavy atom. The van der Waals surface area contributed by atoms with Crippen molar-refractivity contribution in [2.24, 2.45) is 0 Å². The molecule has 2 heterocycles. The summed E-state index contributed by atoms with van der Waals surface area (Å²) in [6, 6.07) is 13.2. The van der Waals surface area contributed by atoms with Gasteiger partial charge in [-0.3, -0.25) is 19.8 Å². The first-order valence-electron chi connectivity index (χ1n) is 8.56. The average Bonchev–Trinajstić information content (AvgIpc) is 2.99. The second-order valence-corrected chi connectivity index (χ2v) is 7.33. The zero-order chi connectivity index (χ0) is 19.0. The number of benzene rings is 2. The minimum atomic E-state index is -0.369. The van der Waals surface area contributed by atoms with Crippen LogP contribution in [-0.4, -0.2) is 40.3 Å². The van der Waals surface area contributed by atoms with Crippen LogP contribution in [0.15, 0.2) is 46.9 Å². The van der Waals surface area contributed by atoms with Gasteiger partial charge in [0.05, 0.1) is 21.6 Å². The number of non-ortho nitro benzene ring substituents is 1. The van der Waals surface area contributed by atoms with Gasteiger partial charge in [-0.15, -0.1) is 0 Å². The SMILES string of the molecule is O=C1CN(Cc2cc([N+](=O)[O-])c3[nH]c(-c4ccccc4)c(Br)c3c2)CCN1. The summed E-state index contributed by atoms with van der Waals surface area (Å²) in [6.45, 7) is 2.11. The topological polar surface area (TPSA) is 91.3 Å². The van der Waals surface area contributed by atoms with Crippen molar-refractivity contribution in [1.82, 2.24) is 15.2 Å². The molecule has 0 atom stereocenters. The van der Waals surface area contributed by atoms with Gasteiger partial charge in [0, 0.05) is 31.1 Å². The predicted octanol–water partition coefficient (Wildman–Crippen LogP) is 3.44. The molecule has 1 aliphatic rings. The number of hydrogen-bond donors (Lipinski definition) is 2. The van der Waals surface area contributed by atoms with Gasteiger partial charge in [-0.05, 0) is 33.1 Å².